The number of nitrogens with zero attached hydrogens (tertiary/aromatic N) is 1. The van der Waals surface area contributed by atoms with Gasteiger partial charge in [-0.2, -0.15) is 0 Å². The lowest BCUT2D eigenvalue weighted by Gasteiger charge is -2.08. The zero-order valence-corrected chi connectivity index (χ0v) is 15.1. The molecule has 0 amide bonds. The van der Waals surface area contributed by atoms with Gasteiger partial charge in [-0.15, -0.1) is 24.0 Å². The number of ether oxygens (including phenoxy) is 1. The fourth-order valence-corrected chi connectivity index (χ4v) is 1.75. The van der Waals surface area contributed by atoms with E-state index < -0.39 is 0 Å². The first-order chi connectivity index (χ1) is 9.01. The van der Waals surface area contributed by atoms with E-state index in [-0.39, 0.29) is 24.0 Å². The smallest absolute Gasteiger partial charge is 0.188 e. The van der Waals surface area contributed by atoms with Gasteiger partial charge in [0.1, 0.15) is 5.75 Å². The zero-order chi connectivity index (χ0) is 14.3. The van der Waals surface area contributed by atoms with Gasteiger partial charge in [0.15, 0.2) is 5.96 Å². The molecule has 0 saturated carbocycles. The van der Waals surface area contributed by atoms with E-state index in [1.807, 2.05) is 19.1 Å². The Morgan fingerprint density at radius 2 is 2.05 bits per heavy atom. The molecule has 3 N–H and O–H groups in total. The van der Waals surface area contributed by atoms with Crippen molar-refractivity contribution in [2.45, 2.75) is 33.7 Å². The van der Waals surface area contributed by atoms with Gasteiger partial charge in [0.2, 0.25) is 0 Å². The molecule has 1 aromatic rings. The van der Waals surface area contributed by atoms with Crippen LogP contribution < -0.4 is 15.8 Å². The molecule has 0 aliphatic heterocycles. The summed E-state index contributed by atoms with van der Waals surface area (Å²) in [7, 11) is 1.67. The van der Waals surface area contributed by atoms with E-state index in [4.69, 9.17) is 10.5 Å². The molecule has 0 atom stereocenters. The van der Waals surface area contributed by atoms with Crippen molar-refractivity contribution in [3.8, 4) is 5.75 Å². The van der Waals surface area contributed by atoms with Crippen LogP contribution in [0.2, 0.25) is 0 Å². The molecule has 4 nitrogen and oxygen atoms in total. The molecule has 0 bridgehead atoms. The summed E-state index contributed by atoms with van der Waals surface area (Å²) in [6, 6.07) is 6.07. The quantitative estimate of drug-likeness (QED) is 0.445. The average Bonchev–Trinajstić information content (AvgIpc) is 2.35. The molecular formula is C15H26IN3O. The molecule has 0 radical (unpaired) electrons. The molecule has 1 aromatic carbocycles. The number of aryl methyl sites for hydroxylation is 1. The first-order valence-corrected chi connectivity index (χ1v) is 6.69. The van der Waals surface area contributed by atoms with E-state index in [2.05, 4.69) is 30.2 Å². The molecular weight excluding hydrogens is 365 g/mol. The van der Waals surface area contributed by atoms with Gasteiger partial charge in [-0.3, -0.25) is 0 Å². The molecule has 0 aliphatic rings. The van der Waals surface area contributed by atoms with Gasteiger partial charge in [-0.25, -0.2) is 4.99 Å². The number of benzene rings is 1. The summed E-state index contributed by atoms with van der Waals surface area (Å²) in [5.41, 5.74) is 8.09. The minimum Gasteiger partial charge on any atom is -0.497 e. The predicted octanol–water partition coefficient (Wildman–Crippen LogP) is 3.07. The minimum absolute atomic E-state index is 0. The van der Waals surface area contributed by atoms with E-state index in [0.29, 0.717) is 18.4 Å². The number of nitrogens with one attached hydrogen (secondary N) is 1. The van der Waals surface area contributed by atoms with Crippen LogP contribution >= 0.6 is 24.0 Å². The normalized spacial score (nSPS) is 11.2. The molecule has 0 saturated heterocycles. The largest absolute Gasteiger partial charge is 0.497 e. The van der Waals surface area contributed by atoms with Gasteiger partial charge in [0.25, 0.3) is 0 Å². The number of aliphatic imine (C=N–C) groups is 1. The fraction of sp³-hybridized carbons (Fsp3) is 0.533. The van der Waals surface area contributed by atoms with Crippen molar-refractivity contribution in [3.05, 3.63) is 29.3 Å². The first-order valence-electron chi connectivity index (χ1n) is 6.69. The van der Waals surface area contributed by atoms with Gasteiger partial charge in [0, 0.05) is 6.54 Å². The summed E-state index contributed by atoms with van der Waals surface area (Å²) in [5.74, 6) is 2.03. The van der Waals surface area contributed by atoms with E-state index in [0.717, 1.165) is 29.8 Å². The van der Waals surface area contributed by atoms with Gasteiger partial charge >= 0.3 is 0 Å². The Morgan fingerprint density at radius 3 is 2.65 bits per heavy atom. The molecule has 0 aromatic heterocycles. The molecule has 0 heterocycles. The van der Waals surface area contributed by atoms with E-state index in [1.54, 1.807) is 7.11 Å². The Bertz CT molecular complexity index is 433. The Balaban J connectivity index is 0.00000361. The standard InChI is InChI=1S/C15H25N3O.HI/c1-11(2)5-6-17-15(16)18-10-13-7-12(3)8-14(9-13)19-4;/h7-9,11H,5-6,10H2,1-4H3,(H3,16,17,18);1H. The maximum Gasteiger partial charge on any atom is 0.188 e. The number of hydrogen-bond acceptors (Lipinski definition) is 2. The van der Waals surface area contributed by atoms with E-state index in [9.17, 15) is 0 Å². The lowest BCUT2D eigenvalue weighted by Crippen LogP contribution is -2.32. The highest BCUT2D eigenvalue weighted by molar-refractivity contribution is 14.0. The zero-order valence-electron chi connectivity index (χ0n) is 12.8. The van der Waals surface area contributed by atoms with E-state index >= 15 is 0 Å². The van der Waals surface area contributed by atoms with Crippen LogP contribution in [0.5, 0.6) is 5.75 Å². The molecule has 114 valence electrons. The number of methoxy groups -OCH3 is 1. The molecule has 1 rings (SSSR count). The molecule has 0 fully saturated rings. The molecule has 20 heavy (non-hydrogen) atoms. The Hall–Kier alpha value is -0.980. The van der Waals surface area contributed by atoms with Crippen LogP contribution in [0.3, 0.4) is 0 Å². The Morgan fingerprint density at radius 1 is 1.35 bits per heavy atom. The third kappa shape index (κ3) is 7.57. The highest BCUT2D eigenvalue weighted by Gasteiger charge is 1.99. The van der Waals surface area contributed by atoms with Crippen LogP contribution in [-0.2, 0) is 6.54 Å². The highest BCUT2D eigenvalue weighted by atomic mass is 127. The summed E-state index contributed by atoms with van der Waals surface area (Å²) in [5, 5.41) is 3.12. The van der Waals surface area contributed by atoms with Crippen molar-refractivity contribution in [1.29, 1.82) is 0 Å². The minimum atomic E-state index is 0. The second kappa shape index (κ2) is 9.85. The second-order valence-electron chi connectivity index (χ2n) is 5.17. The molecule has 0 unspecified atom stereocenters. The van der Waals surface area contributed by atoms with Crippen LogP contribution in [0.1, 0.15) is 31.4 Å². The maximum absolute atomic E-state index is 5.82. The summed E-state index contributed by atoms with van der Waals surface area (Å²) in [6.07, 6.45) is 1.09. The lowest BCUT2D eigenvalue weighted by molar-refractivity contribution is 0.414. The number of hydrogen-bond donors (Lipinski definition) is 2. The summed E-state index contributed by atoms with van der Waals surface area (Å²) < 4.78 is 5.24. The van der Waals surface area contributed by atoms with Gasteiger partial charge in [-0.05, 0) is 42.5 Å². The topological polar surface area (TPSA) is 59.6 Å². The first kappa shape index (κ1) is 19.0. The summed E-state index contributed by atoms with van der Waals surface area (Å²) in [4.78, 5) is 4.34. The number of rotatable bonds is 6. The lowest BCUT2D eigenvalue weighted by atomic mass is 10.1. The molecule has 0 spiro atoms. The third-order valence-electron chi connectivity index (χ3n) is 2.81. The van der Waals surface area contributed by atoms with Crippen LogP contribution in [0.15, 0.2) is 23.2 Å². The number of guanidine groups is 1. The van der Waals surface area contributed by atoms with Crippen LogP contribution in [-0.4, -0.2) is 19.6 Å². The summed E-state index contributed by atoms with van der Waals surface area (Å²) >= 11 is 0. The second-order valence-corrected chi connectivity index (χ2v) is 5.17. The van der Waals surface area contributed by atoms with Crippen molar-refractivity contribution < 1.29 is 4.74 Å². The Kier molecular flexibility index (Phi) is 9.37. The van der Waals surface area contributed by atoms with Crippen molar-refractivity contribution >= 4 is 29.9 Å². The fourth-order valence-electron chi connectivity index (χ4n) is 1.75. The SMILES string of the molecule is COc1cc(C)cc(CN=C(N)NCCC(C)C)c1.I. The van der Waals surface area contributed by atoms with Crippen molar-refractivity contribution in [1.82, 2.24) is 5.32 Å². The van der Waals surface area contributed by atoms with Gasteiger partial charge in [-0.1, -0.05) is 19.9 Å². The van der Waals surface area contributed by atoms with Crippen molar-refractivity contribution in [2.75, 3.05) is 13.7 Å². The van der Waals surface area contributed by atoms with Crippen LogP contribution in [0.25, 0.3) is 0 Å². The number of halogens is 1. The number of nitrogens with two attached hydrogens (primary N) is 1. The predicted molar refractivity (Wildman–Crippen MR) is 95.9 cm³/mol. The van der Waals surface area contributed by atoms with Gasteiger partial charge in [0.05, 0.1) is 13.7 Å². The highest BCUT2D eigenvalue weighted by Crippen LogP contribution is 2.16. The van der Waals surface area contributed by atoms with E-state index in [1.165, 1.54) is 0 Å². The van der Waals surface area contributed by atoms with Crippen molar-refractivity contribution in [3.63, 3.8) is 0 Å². The average molecular weight is 391 g/mol. The van der Waals surface area contributed by atoms with Crippen molar-refractivity contribution in [2.24, 2.45) is 16.6 Å². The molecule has 0 aliphatic carbocycles. The summed E-state index contributed by atoms with van der Waals surface area (Å²) in [6.45, 7) is 7.85. The van der Waals surface area contributed by atoms with Gasteiger partial charge < -0.3 is 15.8 Å². The third-order valence-corrected chi connectivity index (χ3v) is 2.81. The van der Waals surface area contributed by atoms with Crippen LogP contribution in [0, 0.1) is 12.8 Å². The Labute approximate surface area is 139 Å². The molecule has 5 heteroatoms. The maximum atomic E-state index is 5.82. The monoisotopic (exact) mass is 391 g/mol. The van der Waals surface area contributed by atoms with Crippen LogP contribution in [0.4, 0.5) is 0 Å².